The van der Waals surface area contributed by atoms with Gasteiger partial charge in [0, 0.05) is 17.8 Å². The summed E-state index contributed by atoms with van der Waals surface area (Å²) in [6.45, 7) is 4.72. The average molecular weight is 398 g/mol. The van der Waals surface area contributed by atoms with E-state index in [0.717, 1.165) is 37.2 Å². The van der Waals surface area contributed by atoms with E-state index in [0.29, 0.717) is 24.1 Å². The number of rotatable bonds is 9. The third-order valence-corrected chi connectivity index (χ3v) is 5.53. The number of carbonyl (C=O) groups excluding carboxylic acids is 1. The molecular weight excluding hydrogens is 366 g/mol. The van der Waals surface area contributed by atoms with Gasteiger partial charge in [0.2, 0.25) is 5.88 Å². The van der Waals surface area contributed by atoms with Crippen LogP contribution < -0.4 is 9.47 Å². The van der Waals surface area contributed by atoms with E-state index in [2.05, 4.69) is 21.9 Å². The third kappa shape index (κ3) is 6.24. The van der Waals surface area contributed by atoms with Gasteiger partial charge in [-0.3, -0.25) is 4.79 Å². The summed E-state index contributed by atoms with van der Waals surface area (Å²) in [7, 11) is 0. The molecule has 0 bridgehead atoms. The number of pyridine rings is 1. The molecule has 0 aliphatic heterocycles. The van der Waals surface area contributed by atoms with Crippen molar-refractivity contribution in [3.05, 3.63) is 30.7 Å². The summed E-state index contributed by atoms with van der Waals surface area (Å²) in [5, 5.41) is 0. The van der Waals surface area contributed by atoms with Gasteiger partial charge in [0.25, 0.3) is 0 Å². The van der Waals surface area contributed by atoms with Crippen LogP contribution in [0.5, 0.6) is 11.6 Å². The monoisotopic (exact) mass is 397 g/mol. The van der Waals surface area contributed by atoms with Crippen LogP contribution in [0.2, 0.25) is 0 Å². The van der Waals surface area contributed by atoms with Gasteiger partial charge in [-0.1, -0.05) is 32.6 Å². The molecule has 0 unspecified atom stereocenters. The van der Waals surface area contributed by atoms with E-state index in [1.807, 2.05) is 13.0 Å². The number of unbranched alkanes of at least 4 members (excludes halogenated alkanes) is 2. The first kappa shape index (κ1) is 21.2. The highest BCUT2D eigenvalue weighted by Gasteiger charge is 2.27. The molecule has 0 saturated heterocycles. The van der Waals surface area contributed by atoms with Gasteiger partial charge in [0.15, 0.2) is 11.6 Å². The first-order valence-corrected chi connectivity index (χ1v) is 10.8. The van der Waals surface area contributed by atoms with Crippen molar-refractivity contribution in [3.63, 3.8) is 0 Å². The second-order valence-electron chi connectivity index (χ2n) is 7.70. The molecule has 3 rings (SSSR count). The Morgan fingerprint density at radius 1 is 1.00 bits per heavy atom. The Hall–Kier alpha value is -2.50. The molecule has 29 heavy (non-hydrogen) atoms. The lowest BCUT2D eigenvalue weighted by Gasteiger charge is -2.27. The van der Waals surface area contributed by atoms with Gasteiger partial charge in [-0.05, 0) is 44.6 Å². The Morgan fingerprint density at radius 2 is 1.76 bits per heavy atom. The zero-order chi connectivity index (χ0) is 20.5. The molecule has 0 atom stereocenters. The Kier molecular flexibility index (Phi) is 7.96. The zero-order valence-electron chi connectivity index (χ0n) is 17.5. The molecule has 0 aromatic carbocycles. The zero-order valence-corrected chi connectivity index (χ0v) is 17.5. The van der Waals surface area contributed by atoms with Crippen molar-refractivity contribution in [2.24, 2.45) is 11.8 Å². The lowest BCUT2D eigenvalue weighted by molar-refractivity contribution is -0.140. The molecule has 1 aliphatic rings. The van der Waals surface area contributed by atoms with E-state index in [-0.39, 0.29) is 11.9 Å². The molecule has 1 fully saturated rings. The molecule has 1 aliphatic carbocycles. The standard InChI is InChI=1S/C23H31N3O3/c1-3-5-6-7-17-8-10-18(11-9-17)23(27)29-20-15-25-22(26-16-20)19-12-13-21(24-14-19)28-4-2/h12-18H,3-11H2,1-2H3. The fourth-order valence-electron chi connectivity index (χ4n) is 3.83. The fourth-order valence-corrected chi connectivity index (χ4v) is 3.83. The van der Waals surface area contributed by atoms with Crippen LogP contribution in [0.25, 0.3) is 11.4 Å². The summed E-state index contributed by atoms with van der Waals surface area (Å²) in [4.78, 5) is 25.3. The summed E-state index contributed by atoms with van der Waals surface area (Å²) in [6, 6.07) is 3.65. The van der Waals surface area contributed by atoms with Crippen molar-refractivity contribution in [3.8, 4) is 23.0 Å². The predicted octanol–water partition coefficient (Wildman–Crippen LogP) is 5.23. The van der Waals surface area contributed by atoms with Crippen LogP contribution in [0.3, 0.4) is 0 Å². The minimum Gasteiger partial charge on any atom is -0.478 e. The molecule has 1 saturated carbocycles. The average Bonchev–Trinajstić information content (AvgIpc) is 2.76. The van der Waals surface area contributed by atoms with Crippen LogP contribution in [-0.2, 0) is 4.79 Å². The normalized spacial score (nSPS) is 19.0. The Balaban J connectivity index is 1.49. The van der Waals surface area contributed by atoms with Gasteiger partial charge >= 0.3 is 5.97 Å². The molecule has 0 N–H and O–H groups in total. The fraction of sp³-hybridized carbons (Fsp3) is 0.565. The third-order valence-electron chi connectivity index (χ3n) is 5.53. The molecule has 156 valence electrons. The number of ether oxygens (including phenoxy) is 2. The van der Waals surface area contributed by atoms with Crippen molar-refractivity contribution < 1.29 is 14.3 Å². The SMILES string of the molecule is CCCCCC1CCC(C(=O)Oc2cnc(-c3ccc(OCC)nc3)nc2)CC1. The maximum atomic E-state index is 12.5. The molecule has 2 heterocycles. The molecule has 6 nitrogen and oxygen atoms in total. The summed E-state index contributed by atoms with van der Waals surface area (Å²) in [6.07, 6.45) is 14.1. The van der Waals surface area contributed by atoms with Gasteiger partial charge in [0.05, 0.1) is 24.9 Å². The van der Waals surface area contributed by atoms with E-state index in [9.17, 15) is 4.79 Å². The number of hydrogen-bond acceptors (Lipinski definition) is 6. The highest BCUT2D eigenvalue weighted by Crippen LogP contribution is 2.33. The van der Waals surface area contributed by atoms with Crippen molar-refractivity contribution in [2.45, 2.75) is 65.2 Å². The van der Waals surface area contributed by atoms with Crippen molar-refractivity contribution >= 4 is 5.97 Å². The largest absolute Gasteiger partial charge is 0.478 e. The number of aromatic nitrogens is 3. The van der Waals surface area contributed by atoms with E-state index in [1.54, 1.807) is 24.7 Å². The van der Waals surface area contributed by atoms with Crippen molar-refractivity contribution in [1.82, 2.24) is 15.0 Å². The first-order valence-electron chi connectivity index (χ1n) is 10.8. The summed E-state index contributed by atoms with van der Waals surface area (Å²) in [5.41, 5.74) is 0.785. The quantitative estimate of drug-likeness (QED) is 0.426. The molecule has 2 aromatic rings. The topological polar surface area (TPSA) is 74.2 Å². The second kappa shape index (κ2) is 10.9. The lowest BCUT2D eigenvalue weighted by Crippen LogP contribution is -2.25. The van der Waals surface area contributed by atoms with Crippen LogP contribution in [0.1, 0.15) is 65.2 Å². The molecular formula is C23H31N3O3. The van der Waals surface area contributed by atoms with Crippen LogP contribution >= 0.6 is 0 Å². The maximum absolute atomic E-state index is 12.5. The smallest absolute Gasteiger partial charge is 0.314 e. The van der Waals surface area contributed by atoms with Crippen LogP contribution in [0, 0.1) is 11.8 Å². The van der Waals surface area contributed by atoms with Crippen molar-refractivity contribution in [2.75, 3.05) is 6.61 Å². The summed E-state index contributed by atoms with van der Waals surface area (Å²) >= 11 is 0. The predicted molar refractivity (Wildman–Crippen MR) is 112 cm³/mol. The maximum Gasteiger partial charge on any atom is 0.314 e. The first-order chi connectivity index (χ1) is 14.2. The van der Waals surface area contributed by atoms with E-state index in [4.69, 9.17) is 9.47 Å². The van der Waals surface area contributed by atoms with Gasteiger partial charge in [0.1, 0.15) is 0 Å². The molecule has 0 radical (unpaired) electrons. The number of carbonyl (C=O) groups is 1. The van der Waals surface area contributed by atoms with Crippen LogP contribution in [0.4, 0.5) is 0 Å². The molecule has 0 amide bonds. The Morgan fingerprint density at radius 3 is 2.38 bits per heavy atom. The molecule has 2 aromatic heterocycles. The van der Waals surface area contributed by atoms with Crippen molar-refractivity contribution in [1.29, 1.82) is 0 Å². The minimum absolute atomic E-state index is 0.00703. The second-order valence-corrected chi connectivity index (χ2v) is 7.70. The van der Waals surface area contributed by atoms with E-state index >= 15 is 0 Å². The number of esters is 1. The van der Waals surface area contributed by atoms with Gasteiger partial charge in [-0.25, -0.2) is 15.0 Å². The highest BCUT2D eigenvalue weighted by atomic mass is 16.5. The van der Waals surface area contributed by atoms with Crippen LogP contribution in [-0.4, -0.2) is 27.5 Å². The summed E-state index contributed by atoms with van der Waals surface area (Å²) < 4.78 is 10.9. The molecule has 0 spiro atoms. The van der Waals surface area contributed by atoms with E-state index in [1.165, 1.54) is 25.7 Å². The van der Waals surface area contributed by atoms with E-state index < -0.39 is 0 Å². The number of nitrogens with zero attached hydrogens (tertiary/aromatic N) is 3. The minimum atomic E-state index is -0.156. The lowest BCUT2D eigenvalue weighted by atomic mass is 9.80. The summed E-state index contributed by atoms with van der Waals surface area (Å²) in [5.74, 6) is 2.11. The number of hydrogen-bond donors (Lipinski definition) is 0. The molecule has 6 heteroatoms. The highest BCUT2D eigenvalue weighted by molar-refractivity contribution is 5.75. The van der Waals surface area contributed by atoms with Gasteiger partial charge in [-0.2, -0.15) is 0 Å². The van der Waals surface area contributed by atoms with Gasteiger partial charge in [-0.15, -0.1) is 0 Å². The van der Waals surface area contributed by atoms with Gasteiger partial charge < -0.3 is 9.47 Å². The Bertz CT molecular complexity index is 754. The Labute approximate surface area is 173 Å². The van der Waals surface area contributed by atoms with Crippen LogP contribution in [0.15, 0.2) is 30.7 Å².